The Balaban J connectivity index is 0.00000182. The summed E-state index contributed by atoms with van der Waals surface area (Å²) in [5, 5.41) is 6.50. The third-order valence-electron chi connectivity index (χ3n) is 11.3. The van der Waals surface area contributed by atoms with Crippen molar-refractivity contribution in [1.29, 1.82) is 0 Å². The van der Waals surface area contributed by atoms with Crippen LogP contribution in [0.4, 0.5) is 0 Å². The minimum absolute atomic E-state index is 0.0213. The zero-order valence-corrected chi connectivity index (χ0v) is 27.3. The van der Waals surface area contributed by atoms with Gasteiger partial charge in [-0.05, 0) is 63.7 Å². The second-order valence-corrected chi connectivity index (χ2v) is 13.7. The number of hydrogen-bond donors (Lipinski definition) is 2. The molecule has 5 aliphatic rings. The first-order valence-electron chi connectivity index (χ1n) is 16.7. The summed E-state index contributed by atoms with van der Waals surface area (Å²) in [4.78, 5) is 29.3. The lowest BCUT2D eigenvalue weighted by molar-refractivity contribution is -0.231. The summed E-state index contributed by atoms with van der Waals surface area (Å²) < 4.78 is 26.4. The average Bonchev–Trinajstić information content (AvgIpc) is 3.45. The molecule has 4 saturated heterocycles. The second-order valence-electron chi connectivity index (χ2n) is 13.7. The van der Waals surface area contributed by atoms with Crippen molar-refractivity contribution in [1.82, 2.24) is 9.80 Å². The smallest absolute Gasteiger partial charge is 0.303 e. The third-order valence-corrected chi connectivity index (χ3v) is 11.3. The van der Waals surface area contributed by atoms with Gasteiger partial charge in [0.05, 0.1) is 24.4 Å². The van der Waals surface area contributed by atoms with E-state index in [2.05, 4.69) is 78.3 Å². The first-order chi connectivity index (χ1) is 22.3. The van der Waals surface area contributed by atoms with Crippen molar-refractivity contribution in [2.75, 3.05) is 14.1 Å². The van der Waals surface area contributed by atoms with Gasteiger partial charge in [-0.25, -0.2) is 5.90 Å². The van der Waals surface area contributed by atoms with E-state index in [1.165, 1.54) is 25.0 Å². The molecule has 0 radical (unpaired) electrons. The average molecular weight is 636 g/mol. The Hall–Kier alpha value is -2.86. The number of rotatable bonds is 8. The van der Waals surface area contributed by atoms with E-state index in [-0.39, 0.29) is 72.5 Å². The zero-order chi connectivity index (χ0) is 32.5. The fourth-order valence-electron chi connectivity index (χ4n) is 9.23. The fourth-order valence-corrected chi connectivity index (χ4v) is 9.23. The summed E-state index contributed by atoms with van der Waals surface area (Å²) in [6.45, 7) is 3.00. The number of ether oxygens (including phenoxy) is 4. The number of nitrogens with two attached hydrogens (primary N) is 1. The van der Waals surface area contributed by atoms with Crippen LogP contribution in [0.5, 0.6) is 0 Å². The van der Waals surface area contributed by atoms with Gasteiger partial charge in [-0.3, -0.25) is 19.4 Å². The molecule has 0 aromatic heterocycles. The summed E-state index contributed by atoms with van der Waals surface area (Å²) >= 11 is 0. The fraction of sp³-hybridized carbons (Fsp3) is 0.611. The molecule has 1 aliphatic carbocycles. The minimum Gasteiger partial charge on any atom is -0.458 e. The number of carbonyl (C=O) groups is 2. The van der Waals surface area contributed by atoms with Gasteiger partial charge in [0.2, 0.25) is 0 Å². The Morgan fingerprint density at radius 1 is 0.630 bits per heavy atom. The number of carbonyl (C=O) groups excluding carboxylic acids is 2. The largest absolute Gasteiger partial charge is 0.458 e. The number of fused-ring (bicyclic) bond motifs is 4. The molecule has 3 N–H and O–H groups in total. The molecular weight excluding hydrogens is 586 g/mol. The topological polar surface area (TPSA) is 124 Å². The molecule has 0 amide bonds. The second kappa shape index (κ2) is 14.1. The highest BCUT2D eigenvalue weighted by molar-refractivity contribution is 5.66. The molecule has 8 atom stereocenters. The highest BCUT2D eigenvalue weighted by Crippen LogP contribution is 2.54. The Kier molecular flexibility index (Phi) is 10.1. The van der Waals surface area contributed by atoms with Crippen molar-refractivity contribution < 1.29 is 33.7 Å². The molecule has 1 saturated carbocycles. The maximum Gasteiger partial charge on any atom is 0.303 e. The van der Waals surface area contributed by atoms with Crippen LogP contribution in [0.2, 0.25) is 0 Å². The summed E-state index contributed by atoms with van der Waals surface area (Å²) in [5.41, 5.74) is 2.35. The number of benzene rings is 2. The zero-order valence-electron chi connectivity index (χ0n) is 27.3. The summed E-state index contributed by atoms with van der Waals surface area (Å²) in [6, 6.07) is 22.2. The predicted molar refractivity (Wildman–Crippen MR) is 171 cm³/mol. The molecule has 7 rings (SSSR count). The molecule has 4 bridgehead atoms. The van der Waals surface area contributed by atoms with Crippen molar-refractivity contribution in [2.24, 2.45) is 5.90 Å². The van der Waals surface area contributed by atoms with Gasteiger partial charge in [-0.1, -0.05) is 60.7 Å². The van der Waals surface area contributed by atoms with Gasteiger partial charge in [-0.15, -0.1) is 0 Å². The minimum atomic E-state index is -0.304. The number of piperidine rings is 2. The molecule has 4 aliphatic heterocycles. The van der Waals surface area contributed by atoms with E-state index in [9.17, 15) is 9.59 Å². The molecule has 10 nitrogen and oxygen atoms in total. The molecule has 10 heteroatoms. The molecule has 8 unspecified atom stereocenters. The van der Waals surface area contributed by atoms with Crippen molar-refractivity contribution in [3.05, 3.63) is 71.8 Å². The van der Waals surface area contributed by atoms with Gasteiger partial charge < -0.3 is 24.2 Å². The molecular formula is C36H49N3O7. The molecule has 46 heavy (non-hydrogen) atoms. The lowest BCUT2D eigenvalue weighted by atomic mass is 9.62. The Labute approximate surface area is 272 Å². The van der Waals surface area contributed by atoms with Gasteiger partial charge in [0.1, 0.15) is 12.2 Å². The molecule has 2 aromatic rings. The first kappa shape index (κ1) is 33.1. The maximum absolute atomic E-state index is 12.3. The summed E-state index contributed by atoms with van der Waals surface area (Å²) in [6.07, 6.45) is 4.57. The normalized spacial score (nSPS) is 38.3. The van der Waals surface area contributed by atoms with Crippen molar-refractivity contribution in [2.45, 2.75) is 125 Å². The van der Waals surface area contributed by atoms with E-state index in [0.29, 0.717) is 12.1 Å². The molecule has 4 heterocycles. The molecule has 250 valence electrons. The highest BCUT2D eigenvalue weighted by atomic mass is 16.6. The van der Waals surface area contributed by atoms with E-state index in [4.69, 9.17) is 24.2 Å². The Bertz CT molecular complexity index is 1220. The first-order valence-corrected chi connectivity index (χ1v) is 16.7. The van der Waals surface area contributed by atoms with E-state index in [1.807, 2.05) is 12.1 Å². The van der Waals surface area contributed by atoms with Crippen LogP contribution in [-0.4, -0.2) is 102 Å². The van der Waals surface area contributed by atoms with Crippen molar-refractivity contribution in [3.8, 4) is 0 Å². The van der Waals surface area contributed by atoms with Crippen LogP contribution >= 0.6 is 0 Å². The molecule has 0 spiro atoms. The van der Waals surface area contributed by atoms with Gasteiger partial charge in [0, 0.05) is 49.9 Å². The quantitative estimate of drug-likeness (QED) is 0.325. The van der Waals surface area contributed by atoms with Crippen LogP contribution in [0.15, 0.2) is 60.7 Å². The van der Waals surface area contributed by atoms with Crippen LogP contribution in [0.3, 0.4) is 0 Å². The lowest BCUT2D eigenvalue weighted by Gasteiger charge is -2.56. The standard InChI is InChI=1S/C36H46N2O6.H3NO/c1-21(39)41-33-27-17-15-25(37(27)3)19-29(33)43-35-31(23-11-7-5-8-12-23)36(32(35)24-13-9-6-10-14-24)44-30-20-26-16-18-28(38(26)4)34(30)42-22(2)40;1-2/h5-14,25-36H,15-20H2,1-4H3;2H,1H2. The van der Waals surface area contributed by atoms with Gasteiger partial charge >= 0.3 is 11.9 Å². The third kappa shape index (κ3) is 6.23. The summed E-state index contributed by atoms with van der Waals surface area (Å²) in [5.74, 6) is 2.94. The Morgan fingerprint density at radius 3 is 1.35 bits per heavy atom. The van der Waals surface area contributed by atoms with Crippen molar-refractivity contribution >= 4 is 11.9 Å². The molecule has 2 aromatic carbocycles. The summed E-state index contributed by atoms with van der Waals surface area (Å²) in [7, 11) is 4.30. The van der Waals surface area contributed by atoms with Gasteiger partial charge in [-0.2, -0.15) is 0 Å². The monoisotopic (exact) mass is 635 g/mol. The van der Waals surface area contributed by atoms with Gasteiger partial charge in [0.25, 0.3) is 0 Å². The van der Waals surface area contributed by atoms with Gasteiger partial charge in [0.15, 0.2) is 0 Å². The van der Waals surface area contributed by atoms with E-state index >= 15 is 0 Å². The van der Waals surface area contributed by atoms with Crippen LogP contribution in [0.25, 0.3) is 0 Å². The molecule has 5 fully saturated rings. The number of esters is 2. The van der Waals surface area contributed by atoms with Crippen LogP contribution in [-0.2, 0) is 28.5 Å². The number of likely N-dealkylation sites (N-methyl/N-ethyl adjacent to an activating group) is 2. The van der Waals surface area contributed by atoms with E-state index < -0.39 is 0 Å². The van der Waals surface area contributed by atoms with Crippen LogP contribution in [0.1, 0.15) is 75.3 Å². The highest BCUT2D eigenvalue weighted by Gasteiger charge is 2.59. The SMILES string of the molecule is CC(=O)OC1C(OC2C(c3ccccc3)C(OC3CC4CCC(C3OC(C)=O)N4C)C2c2ccccc2)CC2CCC1N2C.NO. The number of nitrogens with zero attached hydrogens (tertiary/aromatic N) is 2. The van der Waals surface area contributed by atoms with Crippen LogP contribution < -0.4 is 5.90 Å². The maximum atomic E-state index is 12.3. The van der Waals surface area contributed by atoms with Crippen molar-refractivity contribution in [3.63, 3.8) is 0 Å². The van der Waals surface area contributed by atoms with E-state index in [0.717, 1.165) is 38.5 Å². The lowest BCUT2D eigenvalue weighted by Crippen LogP contribution is -2.62. The van der Waals surface area contributed by atoms with Crippen LogP contribution in [0, 0.1) is 0 Å². The number of hydrogen-bond acceptors (Lipinski definition) is 10. The predicted octanol–water partition coefficient (Wildman–Crippen LogP) is 4.01. The Morgan fingerprint density at radius 2 is 1.00 bits per heavy atom. The van der Waals surface area contributed by atoms with E-state index in [1.54, 1.807) is 0 Å².